The lowest BCUT2D eigenvalue weighted by molar-refractivity contribution is 0.105. The number of hydrogen-bond acceptors (Lipinski definition) is 4. The van der Waals surface area contributed by atoms with Crippen LogP contribution in [0.3, 0.4) is 0 Å². The normalized spacial score (nSPS) is 37.2. The maximum atomic E-state index is 9.12. The minimum atomic E-state index is -0.267. The quantitative estimate of drug-likeness (QED) is 0.762. The van der Waals surface area contributed by atoms with Crippen LogP contribution in [0.25, 0.3) is 0 Å². The Kier molecular flexibility index (Phi) is 3.32. The van der Waals surface area contributed by atoms with Crippen LogP contribution in [0.2, 0.25) is 0 Å². The van der Waals surface area contributed by atoms with Crippen molar-refractivity contribution in [3.8, 4) is 6.07 Å². The van der Waals surface area contributed by atoms with E-state index in [1.807, 2.05) is 11.8 Å². The molecule has 14 heavy (non-hydrogen) atoms. The highest BCUT2D eigenvalue weighted by molar-refractivity contribution is 7.99. The average Bonchev–Trinajstić information content (AvgIpc) is 2.87. The molecular formula is C10H16N2OS. The predicted molar refractivity (Wildman–Crippen MR) is 57.3 cm³/mol. The van der Waals surface area contributed by atoms with E-state index in [1.54, 1.807) is 0 Å². The summed E-state index contributed by atoms with van der Waals surface area (Å²) >= 11 is 1.86. The number of nitrogens with zero attached hydrogens (tertiary/aromatic N) is 1. The highest BCUT2D eigenvalue weighted by Crippen LogP contribution is 2.27. The molecule has 2 saturated heterocycles. The summed E-state index contributed by atoms with van der Waals surface area (Å²) in [7, 11) is 0. The Balaban J connectivity index is 1.80. The van der Waals surface area contributed by atoms with Gasteiger partial charge < -0.3 is 4.74 Å². The molecule has 0 spiro atoms. The first-order valence-corrected chi connectivity index (χ1v) is 6.36. The van der Waals surface area contributed by atoms with Crippen LogP contribution in [0.4, 0.5) is 0 Å². The number of hydrogen-bond donors (Lipinski definition) is 1. The molecule has 2 aliphatic heterocycles. The summed E-state index contributed by atoms with van der Waals surface area (Å²) in [5, 5.41) is 12.5. The number of nitrogens with one attached hydrogen (secondary N) is 1. The Morgan fingerprint density at radius 2 is 2.57 bits per heavy atom. The molecule has 2 heterocycles. The molecule has 0 aromatic rings. The molecule has 2 rings (SSSR count). The van der Waals surface area contributed by atoms with Gasteiger partial charge in [0.25, 0.3) is 0 Å². The molecule has 2 unspecified atom stereocenters. The van der Waals surface area contributed by atoms with Crippen molar-refractivity contribution in [2.24, 2.45) is 0 Å². The van der Waals surface area contributed by atoms with Crippen LogP contribution in [0.1, 0.15) is 19.3 Å². The minimum absolute atomic E-state index is 0.267. The summed E-state index contributed by atoms with van der Waals surface area (Å²) in [5.74, 6) is 2.03. The van der Waals surface area contributed by atoms with E-state index >= 15 is 0 Å². The van der Waals surface area contributed by atoms with Crippen molar-refractivity contribution in [2.45, 2.75) is 30.9 Å². The lowest BCUT2D eigenvalue weighted by atomic mass is 10.0. The third-order valence-corrected chi connectivity index (χ3v) is 4.12. The van der Waals surface area contributed by atoms with Gasteiger partial charge in [0.2, 0.25) is 0 Å². The monoisotopic (exact) mass is 212 g/mol. The first kappa shape index (κ1) is 10.3. The van der Waals surface area contributed by atoms with Crippen molar-refractivity contribution in [2.75, 3.05) is 24.7 Å². The van der Waals surface area contributed by atoms with Gasteiger partial charge in [0.1, 0.15) is 5.54 Å². The first-order valence-electron chi connectivity index (χ1n) is 5.20. The third-order valence-electron chi connectivity index (χ3n) is 2.93. The van der Waals surface area contributed by atoms with E-state index in [-0.39, 0.29) is 5.54 Å². The summed E-state index contributed by atoms with van der Waals surface area (Å²) in [6.45, 7) is 1.73. The molecule has 2 aliphatic rings. The minimum Gasteiger partial charge on any atom is -0.377 e. The smallest absolute Gasteiger partial charge is 0.116 e. The van der Waals surface area contributed by atoms with Gasteiger partial charge in [0.05, 0.1) is 12.2 Å². The average molecular weight is 212 g/mol. The van der Waals surface area contributed by atoms with Gasteiger partial charge in [-0.3, -0.25) is 5.32 Å². The number of thioether (sulfide) groups is 1. The molecule has 4 heteroatoms. The fraction of sp³-hybridized carbons (Fsp3) is 0.900. The first-order chi connectivity index (χ1) is 6.85. The topological polar surface area (TPSA) is 45.0 Å². The van der Waals surface area contributed by atoms with Gasteiger partial charge >= 0.3 is 0 Å². The van der Waals surface area contributed by atoms with Crippen LogP contribution in [0.15, 0.2) is 0 Å². The van der Waals surface area contributed by atoms with Crippen molar-refractivity contribution < 1.29 is 4.74 Å². The Morgan fingerprint density at radius 3 is 3.14 bits per heavy atom. The molecule has 78 valence electrons. The summed E-state index contributed by atoms with van der Waals surface area (Å²) in [6.07, 6.45) is 3.62. The third kappa shape index (κ3) is 2.22. The second-order valence-electron chi connectivity index (χ2n) is 4.01. The number of nitriles is 1. The molecule has 0 amide bonds. The molecule has 3 nitrogen and oxygen atoms in total. The van der Waals surface area contributed by atoms with Crippen molar-refractivity contribution in [1.29, 1.82) is 5.26 Å². The number of ether oxygens (including phenoxy) is 1. The summed E-state index contributed by atoms with van der Waals surface area (Å²) in [5.41, 5.74) is -0.267. The molecule has 1 N–H and O–H groups in total. The SMILES string of the molecule is N#CC1(NCC2CCCO2)CCSC1. The van der Waals surface area contributed by atoms with Crippen LogP contribution in [-0.2, 0) is 4.74 Å². The summed E-state index contributed by atoms with van der Waals surface area (Å²) in [4.78, 5) is 0. The molecule has 2 atom stereocenters. The van der Waals surface area contributed by atoms with E-state index in [0.717, 1.165) is 37.5 Å². The van der Waals surface area contributed by atoms with Crippen LogP contribution in [0, 0.1) is 11.3 Å². The van der Waals surface area contributed by atoms with Gasteiger partial charge in [-0.2, -0.15) is 17.0 Å². The largest absolute Gasteiger partial charge is 0.377 e. The van der Waals surface area contributed by atoms with Gasteiger partial charge in [-0.05, 0) is 25.0 Å². The van der Waals surface area contributed by atoms with E-state index in [1.165, 1.54) is 6.42 Å². The zero-order valence-electron chi connectivity index (χ0n) is 8.29. The molecule has 0 saturated carbocycles. The molecule has 0 aromatic heterocycles. The van der Waals surface area contributed by atoms with E-state index in [0.29, 0.717) is 6.10 Å². The highest BCUT2D eigenvalue weighted by Gasteiger charge is 2.34. The maximum absolute atomic E-state index is 9.12. The molecule has 0 aliphatic carbocycles. The van der Waals surface area contributed by atoms with Crippen molar-refractivity contribution in [3.63, 3.8) is 0 Å². The van der Waals surface area contributed by atoms with Gasteiger partial charge in [0, 0.05) is 18.9 Å². The van der Waals surface area contributed by atoms with Crippen LogP contribution < -0.4 is 5.32 Å². The van der Waals surface area contributed by atoms with E-state index in [2.05, 4.69) is 11.4 Å². The molecule has 2 fully saturated rings. The van der Waals surface area contributed by atoms with Gasteiger partial charge in [-0.15, -0.1) is 0 Å². The van der Waals surface area contributed by atoms with Crippen LogP contribution in [0.5, 0.6) is 0 Å². The lowest BCUT2D eigenvalue weighted by Crippen LogP contribution is -2.47. The fourth-order valence-corrected chi connectivity index (χ4v) is 3.24. The van der Waals surface area contributed by atoms with Crippen molar-refractivity contribution in [1.82, 2.24) is 5.32 Å². The number of rotatable bonds is 3. The Hall–Kier alpha value is -0.240. The van der Waals surface area contributed by atoms with Gasteiger partial charge in [0.15, 0.2) is 0 Å². The predicted octanol–water partition coefficient (Wildman–Crippen LogP) is 1.15. The van der Waals surface area contributed by atoms with Gasteiger partial charge in [-0.25, -0.2) is 0 Å². The zero-order valence-corrected chi connectivity index (χ0v) is 9.11. The summed E-state index contributed by atoms with van der Waals surface area (Å²) < 4.78 is 5.52. The van der Waals surface area contributed by atoms with E-state index < -0.39 is 0 Å². The van der Waals surface area contributed by atoms with Gasteiger partial charge in [-0.1, -0.05) is 0 Å². The Morgan fingerprint density at radius 1 is 1.64 bits per heavy atom. The van der Waals surface area contributed by atoms with Crippen LogP contribution in [-0.4, -0.2) is 36.3 Å². The maximum Gasteiger partial charge on any atom is 0.116 e. The summed E-state index contributed by atoms with van der Waals surface area (Å²) in [6, 6.07) is 2.41. The van der Waals surface area contributed by atoms with E-state index in [4.69, 9.17) is 10.00 Å². The zero-order chi connectivity index (χ0) is 9.86. The van der Waals surface area contributed by atoms with Crippen molar-refractivity contribution >= 4 is 11.8 Å². The highest BCUT2D eigenvalue weighted by atomic mass is 32.2. The Labute approximate surface area is 89.2 Å². The molecular weight excluding hydrogens is 196 g/mol. The second-order valence-corrected chi connectivity index (χ2v) is 5.12. The second kappa shape index (κ2) is 4.52. The van der Waals surface area contributed by atoms with Crippen molar-refractivity contribution in [3.05, 3.63) is 0 Å². The molecule has 0 bridgehead atoms. The molecule has 0 aromatic carbocycles. The Bertz CT molecular complexity index is 227. The lowest BCUT2D eigenvalue weighted by Gasteiger charge is -2.23. The van der Waals surface area contributed by atoms with Crippen LogP contribution >= 0.6 is 11.8 Å². The molecule has 0 radical (unpaired) electrons. The fourth-order valence-electron chi connectivity index (χ4n) is 1.95. The standard InChI is InChI=1S/C10H16N2OS/c11-7-10(3-5-14-8-10)12-6-9-2-1-4-13-9/h9,12H,1-6,8H2. The van der Waals surface area contributed by atoms with E-state index in [9.17, 15) is 0 Å².